The maximum atomic E-state index is 11.0. The molecule has 0 bridgehead atoms. The summed E-state index contributed by atoms with van der Waals surface area (Å²) in [6.07, 6.45) is 2.14. The second kappa shape index (κ2) is 7.86. The highest BCUT2D eigenvalue weighted by Gasteiger charge is 2.13. The lowest BCUT2D eigenvalue weighted by molar-refractivity contribution is -0.384. The van der Waals surface area contributed by atoms with Gasteiger partial charge in [0.1, 0.15) is 5.75 Å². The number of hydrogen-bond donors (Lipinski definition) is 1. The Kier molecular flexibility index (Phi) is 6.46. The fourth-order valence-corrected chi connectivity index (χ4v) is 2.05. The minimum Gasteiger partial charge on any atom is -0.491 e. The van der Waals surface area contributed by atoms with Crippen LogP contribution in [0.15, 0.2) is 18.2 Å². The van der Waals surface area contributed by atoms with Crippen LogP contribution in [0.4, 0.5) is 11.4 Å². The Morgan fingerprint density at radius 1 is 1.14 bits per heavy atom. The number of nitrogens with one attached hydrogen (secondary N) is 1. The van der Waals surface area contributed by atoms with Gasteiger partial charge < -0.3 is 10.1 Å². The van der Waals surface area contributed by atoms with Crippen molar-refractivity contribution in [1.29, 1.82) is 0 Å². The van der Waals surface area contributed by atoms with Crippen molar-refractivity contribution < 1.29 is 9.66 Å². The van der Waals surface area contributed by atoms with E-state index in [1.165, 1.54) is 6.07 Å². The van der Waals surface area contributed by atoms with Crippen molar-refractivity contribution in [3.63, 3.8) is 0 Å². The summed E-state index contributed by atoms with van der Waals surface area (Å²) < 4.78 is 5.58. The topological polar surface area (TPSA) is 64.4 Å². The van der Waals surface area contributed by atoms with E-state index in [2.05, 4.69) is 26.1 Å². The molecule has 1 unspecified atom stereocenters. The van der Waals surface area contributed by atoms with E-state index < -0.39 is 4.92 Å². The predicted octanol–water partition coefficient (Wildman–Crippen LogP) is 4.62. The third-order valence-corrected chi connectivity index (χ3v) is 3.06. The molecular weight excluding hydrogens is 268 g/mol. The van der Waals surface area contributed by atoms with E-state index in [4.69, 9.17) is 4.74 Å². The predicted molar refractivity (Wildman–Crippen MR) is 86.0 cm³/mol. The zero-order chi connectivity index (χ0) is 16.0. The Hall–Kier alpha value is -1.78. The van der Waals surface area contributed by atoms with E-state index in [0.717, 1.165) is 18.5 Å². The number of non-ortho nitro benzene ring substituents is 1. The largest absolute Gasteiger partial charge is 0.491 e. The molecular formula is C16H26N2O3. The normalized spacial score (nSPS) is 12.5. The molecule has 0 aliphatic heterocycles. The van der Waals surface area contributed by atoms with Crippen LogP contribution in [-0.4, -0.2) is 17.1 Å². The first-order valence-corrected chi connectivity index (χ1v) is 7.50. The molecule has 1 aromatic carbocycles. The van der Waals surface area contributed by atoms with Gasteiger partial charge in [0.2, 0.25) is 0 Å². The lowest BCUT2D eigenvalue weighted by atomic mass is 10.0. The quantitative estimate of drug-likeness (QED) is 0.561. The Balaban J connectivity index is 2.84. The molecule has 1 rings (SSSR count). The molecule has 118 valence electrons. The van der Waals surface area contributed by atoms with Gasteiger partial charge in [0, 0.05) is 23.9 Å². The first kappa shape index (κ1) is 17.3. The van der Waals surface area contributed by atoms with Crippen LogP contribution in [0.5, 0.6) is 5.75 Å². The van der Waals surface area contributed by atoms with Crippen molar-refractivity contribution in [3.8, 4) is 5.75 Å². The summed E-state index contributed by atoms with van der Waals surface area (Å²) in [6.45, 7) is 10.3. The highest BCUT2D eigenvalue weighted by Crippen LogP contribution is 2.27. The summed E-state index contributed by atoms with van der Waals surface area (Å²) in [5.74, 6) is 1.18. The van der Waals surface area contributed by atoms with Gasteiger partial charge >= 0.3 is 0 Å². The average molecular weight is 294 g/mol. The molecule has 1 N–H and O–H groups in total. The van der Waals surface area contributed by atoms with Crippen LogP contribution in [-0.2, 0) is 0 Å². The van der Waals surface area contributed by atoms with Crippen LogP contribution in [0.3, 0.4) is 0 Å². The molecule has 21 heavy (non-hydrogen) atoms. The summed E-state index contributed by atoms with van der Waals surface area (Å²) in [6, 6.07) is 5.10. The second-order valence-electron chi connectivity index (χ2n) is 6.16. The Morgan fingerprint density at radius 3 is 2.33 bits per heavy atom. The van der Waals surface area contributed by atoms with Crippen molar-refractivity contribution >= 4 is 11.4 Å². The molecule has 0 fully saturated rings. The molecule has 0 aliphatic rings. The van der Waals surface area contributed by atoms with E-state index in [0.29, 0.717) is 11.7 Å². The number of hydrogen-bond acceptors (Lipinski definition) is 4. The monoisotopic (exact) mass is 294 g/mol. The summed E-state index contributed by atoms with van der Waals surface area (Å²) in [5.41, 5.74) is 0.780. The highest BCUT2D eigenvalue weighted by atomic mass is 16.6. The van der Waals surface area contributed by atoms with Gasteiger partial charge in [-0.05, 0) is 39.5 Å². The van der Waals surface area contributed by atoms with Crippen molar-refractivity contribution in [2.45, 2.75) is 59.6 Å². The molecule has 0 aromatic heterocycles. The van der Waals surface area contributed by atoms with Gasteiger partial charge in [0.05, 0.1) is 17.1 Å². The number of nitro benzene ring substituents is 1. The first-order chi connectivity index (χ1) is 9.77. The molecule has 0 radical (unpaired) electrons. The summed E-state index contributed by atoms with van der Waals surface area (Å²) in [4.78, 5) is 10.6. The van der Waals surface area contributed by atoms with E-state index in [1.54, 1.807) is 6.07 Å². The van der Waals surface area contributed by atoms with Crippen molar-refractivity contribution in [1.82, 2.24) is 0 Å². The van der Waals surface area contributed by atoms with Gasteiger partial charge in [-0.3, -0.25) is 10.1 Å². The highest BCUT2D eigenvalue weighted by molar-refractivity contribution is 5.56. The maximum Gasteiger partial charge on any atom is 0.275 e. The van der Waals surface area contributed by atoms with Gasteiger partial charge in [-0.25, -0.2) is 0 Å². The zero-order valence-corrected chi connectivity index (χ0v) is 13.6. The maximum absolute atomic E-state index is 11.0. The fourth-order valence-electron chi connectivity index (χ4n) is 2.05. The van der Waals surface area contributed by atoms with E-state index in [-0.39, 0.29) is 17.8 Å². The van der Waals surface area contributed by atoms with Gasteiger partial charge in [-0.2, -0.15) is 0 Å². The van der Waals surface area contributed by atoms with Crippen LogP contribution in [0.25, 0.3) is 0 Å². The molecule has 5 heteroatoms. The van der Waals surface area contributed by atoms with Crippen molar-refractivity contribution in [2.24, 2.45) is 5.92 Å². The molecule has 0 saturated carbocycles. The van der Waals surface area contributed by atoms with Crippen LogP contribution in [0, 0.1) is 16.0 Å². The second-order valence-corrected chi connectivity index (χ2v) is 6.16. The molecule has 0 heterocycles. The number of rotatable bonds is 8. The van der Waals surface area contributed by atoms with Gasteiger partial charge in [-0.15, -0.1) is 0 Å². The third-order valence-electron chi connectivity index (χ3n) is 3.06. The van der Waals surface area contributed by atoms with Gasteiger partial charge in [0.25, 0.3) is 5.69 Å². The lowest BCUT2D eigenvalue weighted by Gasteiger charge is -2.17. The van der Waals surface area contributed by atoms with E-state index >= 15 is 0 Å². The molecule has 0 aliphatic carbocycles. The van der Waals surface area contributed by atoms with Crippen LogP contribution >= 0.6 is 0 Å². The molecule has 0 spiro atoms. The number of anilines is 1. The molecule has 1 aromatic rings. The first-order valence-electron chi connectivity index (χ1n) is 7.50. The van der Waals surface area contributed by atoms with Gasteiger partial charge in [0.15, 0.2) is 0 Å². The Bertz CT molecular complexity index is 473. The van der Waals surface area contributed by atoms with Crippen LogP contribution in [0.1, 0.15) is 47.5 Å². The average Bonchev–Trinajstić information content (AvgIpc) is 2.35. The summed E-state index contributed by atoms with van der Waals surface area (Å²) >= 11 is 0. The Labute approximate surface area is 126 Å². The van der Waals surface area contributed by atoms with Crippen LogP contribution < -0.4 is 10.1 Å². The summed E-state index contributed by atoms with van der Waals surface area (Å²) in [5, 5.41) is 14.3. The number of benzene rings is 1. The van der Waals surface area contributed by atoms with E-state index in [1.807, 2.05) is 19.9 Å². The Morgan fingerprint density at radius 2 is 1.81 bits per heavy atom. The number of nitro groups is 1. The lowest BCUT2D eigenvalue weighted by Crippen LogP contribution is -2.16. The molecule has 5 nitrogen and oxygen atoms in total. The SMILES string of the molecule is CC(C)CCC(C)Nc1cc(OC(C)C)cc([N+](=O)[O-])c1. The van der Waals surface area contributed by atoms with Gasteiger partial charge in [-0.1, -0.05) is 13.8 Å². The standard InChI is InChI=1S/C16H26N2O3/c1-11(2)6-7-13(5)17-14-8-15(18(19)20)10-16(9-14)21-12(3)4/h8-13,17H,6-7H2,1-5H3. The minimum absolute atomic E-state index is 0.0155. The zero-order valence-electron chi connectivity index (χ0n) is 13.6. The molecule has 0 saturated heterocycles. The number of ether oxygens (including phenoxy) is 1. The molecule has 1 atom stereocenters. The van der Waals surface area contributed by atoms with Crippen molar-refractivity contribution in [3.05, 3.63) is 28.3 Å². The minimum atomic E-state index is -0.392. The van der Waals surface area contributed by atoms with E-state index in [9.17, 15) is 10.1 Å². The fraction of sp³-hybridized carbons (Fsp3) is 0.625. The van der Waals surface area contributed by atoms with Crippen LogP contribution in [0.2, 0.25) is 0 Å². The van der Waals surface area contributed by atoms with Crippen molar-refractivity contribution in [2.75, 3.05) is 5.32 Å². The summed E-state index contributed by atoms with van der Waals surface area (Å²) in [7, 11) is 0. The number of nitrogens with zero attached hydrogens (tertiary/aromatic N) is 1. The third kappa shape index (κ3) is 6.47. The molecule has 0 amide bonds. The smallest absolute Gasteiger partial charge is 0.275 e.